The fourth-order valence-electron chi connectivity index (χ4n) is 3.64. The Kier molecular flexibility index (Phi) is 9.79. The highest BCUT2D eigenvalue weighted by atomic mass is 32.2. The number of hydrogen-bond acceptors (Lipinski definition) is 6. The quantitative estimate of drug-likeness (QED) is 0.262. The van der Waals surface area contributed by atoms with Crippen molar-refractivity contribution in [2.45, 2.75) is 25.1 Å². The molecule has 3 aromatic rings. The third-order valence-electron chi connectivity index (χ3n) is 5.45. The lowest BCUT2D eigenvalue weighted by atomic mass is 10.0. The van der Waals surface area contributed by atoms with Crippen molar-refractivity contribution in [3.63, 3.8) is 0 Å². The Morgan fingerprint density at radius 1 is 1.03 bits per heavy atom. The molecule has 0 saturated carbocycles. The standard InChI is InChI=1S/C27H27N3O6S/c1-2-15-29(27(34)28-23(26(32)33)18-37-17-19-9-4-3-5-10-19)25(31)21-12-8-11-20(16-21)22-13-6-7-14-24(22)30(35)36/h3-14,16,23H,2,15,17-18H2,1H3,(H,28,34)(H,32,33)/t23-/m0/s1. The van der Waals surface area contributed by atoms with E-state index in [1.165, 1.54) is 30.0 Å². The Morgan fingerprint density at radius 3 is 2.41 bits per heavy atom. The van der Waals surface area contributed by atoms with Gasteiger partial charge in [0.15, 0.2) is 0 Å². The number of carboxylic acid groups (broad SMARTS) is 1. The van der Waals surface area contributed by atoms with E-state index in [1.54, 1.807) is 37.3 Å². The average Bonchev–Trinajstić information content (AvgIpc) is 2.91. The molecule has 3 aromatic carbocycles. The van der Waals surface area contributed by atoms with Gasteiger partial charge in [-0.2, -0.15) is 11.8 Å². The number of amides is 3. The first kappa shape index (κ1) is 27.4. The smallest absolute Gasteiger partial charge is 0.327 e. The van der Waals surface area contributed by atoms with Gasteiger partial charge in [0.05, 0.1) is 10.5 Å². The molecule has 9 nitrogen and oxygen atoms in total. The Morgan fingerprint density at radius 2 is 1.73 bits per heavy atom. The number of nitro benzene ring substituents is 1. The van der Waals surface area contributed by atoms with E-state index < -0.39 is 28.9 Å². The molecule has 0 bridgehead atoms. The van der Waals surface area contributed by atoms with E-state index in [0.717, 1.165) is 10.5 Å². The molecule has 3 rings (SSSR count). The topological polar surface area (TPSA) is 130 Å². The van der Waals surface area contributed by atoms with E-state index in [2.05, 4.69) is 5.32 Å². The Balaban J connectivity index is 1.76. The number of urea groups is 1. The fraction of sp³-hybridized carbons (Fsp3) is 0.222. The number of nitrogens with one attached hydrogen (secondary N) is 1. The SMILES string of the molecule is CCCN(C(=O)N[C@@H](CSCc1ccccc1)C(=O)O)C(=O)c1cccc(-c2ccccc2[N+](=O)[O-])c1. The summed E-state index contributed by atoms with van der Waals surface area (Å²) in [5.41, 5.74) is 1.88. The number of hydrogen-bond donors (Lipinski definition) is 2. The molecule has 2 N–H and O–H groups in total. The van der Waals surface area contributed by atoms with Crippen molar-refractivity contribution in [1.82, 2.24) is 10.2 Å². The van der Waals surface area contributed by atoms with Crippen LogP contribution in [0.25, 0.3) is 11.1 Å². The van der Waals surface area contributed by atoms with Crippen molar-refractivity contribution < 1.29 is 24.4 Å². The van der Waals surface area contributed by atoms with E-state index in [1.807, 2.05) is 30.3 Å². The van der Waals surface area contributed by atoms with E-state index in [0.29, 0.717) is 23.3 Å². The lowest BCUT2D eigenvalue weighted by Crippen LogP contribution is -2.51. The van der Waals surface area contributed by atoms with Crippen LogP contribution in [0.1, 0.15) is 29.3 Å². The van der Waals surface area contributed by atoms with Crippen LogP contribution >= 0.6 is 11.8 Å². The minimum Gasteiger partial charge on any atom is -0.480 e. The second-order valence-corrected chi connectivity index (χ2v) is 9.18. The van der Waals surface area contributed by atoms with Crippen molar-refractivity contribution in [3.05, 3.63) is 100 Å². The number of imide groups is 1. The predicted octanol–water partition coefficient (Wildman–Crippen LogP) is 5.21. The molecule has 0 fully saturated rings. The molecule has 0 aliphatic heterocycles. The van der Waals surface area contributed by atoms with Gasteiger partial charge in [0.2, 0.25) is 0 Å². The van der Waals surface area contributed by atoms with Gasteiger partial charge in [-0.05, 0) is 35.7 Å². The maximum absolute atomic E-state index is 13.3. The van der Waals surface area contributed by atoms with Gasteiger partial charge in [-0.25, -0.2) is 9.59 Å². The Bertz CT molecular complexity index is 1270. The number of carbonyl (C=O) groups is 3. The molecule has 0 aliphatic rings. The highest BCUT2D eigenvalue weighted by Crippen LogP contribution is 2.30. The van der Waals surface area contributed by atoms with Crippen molar-refractivity contribution in [1.29, 1.82) is 0 Å². The third-order valence-corrected chi connectivity index (χ3v) is 6.56. The lowest BCUT2D eigenvalue weighted by molar-refractivity contribution is -0.384. The second-order valence-electron chi connectivity index (χ2n) is 8.15. The van der Waals surface area contributed by atoms with Crippen LogP contribution in [-0.2, 0) is 10.5 Å². The first-order valence-electron chi connectivity index (χ1n) is 11.6. The second kappa shape index (κ2) is 13.2. The van der Waals surface area contributed by atoms with Crippen LogP contribution in [0, 0.1) is 10.1 Å². The Hall–Kier alpha value is -4.18. The first-order valence-corrected chi connectivity index (χ1v) is 12.8. The summed E-state index contributed by atoms with van der Waals surface area (Å²) >= 11 is 1.36. The minimum atomic E-state index is -1.20. The van der Waals surface area contributed by atoms with Crippen LogP contribution in [0.5, 0.6) is 0 Å². The van der Waals surface area contributed by atoms with Gasteiger partial charge >= 0.3 is 12.0 Å². The molecule has 0 aliphatic carbocycles. The third kappa shape index (κ3) is 7.40. The maximum atomic E-state index is 13.3. The number of nitro groups is 1. The minimum absolute atomic E-state index is 0.0733. The number of rotatable bonds is 11. The first-order chi connectivity index (χ1) is 17.8. The number of para-hydroxylation sites is 1. The number of benzene rings is 3. The van der Waals surface area contributed by atoms with Crippen LogP contribution < -0.4 is 5.32 Å². The summed E-state index contributed by atoms with van der Waals surface area (Å²) in [5, 5.41) is 23.5. The zero-order valence-electron chi connectivity index (χ0n) is 20.2. The fourth-order valence-corrected chi connectivity index (χ4v) is 4.65. The number of nitrogens with zero attached hydrogens (tertiary/aromatic N) is 2. The molecular weight excluding hydrogens is 494 g/mol. The highest BCUT2D eigenvalue weighted by molar-refractivity contribution is 7.98. The molecular formula is C27H27N3O6S. The summed E-state index contributed by atoms with van der Waals surface area (Å²) in [6.07, 6.45) is 0.462. The molecule has 10 heteroatoms. The van der Waals surface area contributed by atoms with Crippen LogP contribution in [0.15, 0.2) is 78.9 Å². The largest absolute Gasteiger partial charge is 0.480 e. The summed E-state index contributed by atoms with van der Waals surface area (Å²) in [4.78, 5) is 50.0. The predicted molar refractivity (Wildman–Crippen MR) is 142 cm³/mol. The molecule has 0 spiro atoms. The van der Waals surface area contributed by atoms with Crippen molar-refractivity contribution in [3.8, 4) is 11.1 Å². The van der Waals surface area contributed by atoms with Crippen molar-refractivity contribution in [2.24, 2.45) is 0 Å². The normalized spacial score (nSPS) is 11.4. The Labute approximate surface area is 218 Å². The zero-order chi connectivity index (χ0) is 26.8. The van der Waals surface area contributed by atoms with Gasteiger partial charge in [-0.1, -0.05) is 61.5 Å². The van der Waals surface area contributed by atoms with Crippen molar-refractivity contribution in [2.75, 3.05) is 12.3 Å². The molecule has 0 heterocycles. The van der Waals surface area contributed by atoms with Gasteiger partial charge in [-0.3, -0.25) is 19.8 Å². The van der Waals surface area contributed by atoms with Gasteiger partial charge in [0, 0.05) is 29.7 Å². The van der Waals surface area contributed by atoms with E-state index in [9.17, 15) is 29.6 Å². The number of carbonyl (C=O) groups excluding carboxylic acids is 2. The monoisotopic (exact) mass is 521 g/mol. The molecule has 37 heavy (non-hydrogen) atoms. The summed E-state index contributed by atoms with van der Waals surface area (Å²) in [5.74, 6) is -1.12. The van der Waals surface area contributed by atoms with Crippen LogP contribution in [0.4, 0.5) is 10.5 Å². The van der Waals surface area contributed by atoms with E-state index >= 15 is 0 Å². The van der Waals surface area contributed by atoms with Crippen molar-refractivity contribution >= 4 is 35.4 Å². The number of aliphatic carboxylic acids is 1. The van der Waals surface area contributed by atoms with Crippen LogP contribution in [0.2, 0.25) is 0 Å². The van der Waals surface area contributed by atoms with Gasteiger partial charge in [-0.15, -0.1) is 0 Å². The summed E-state index contributed by atoms with van der Waals surface area (Å²) in [6.45, 7) is 1.87. The van der Waals surface area contributed by atoms with E-state index in [-0.39, 0.29) is 23.5 Å². The summed E-state index contributed by atoms with van der Waals surface area (Å²) < 4.78 is 0. The van der Waals surface area contributed by atoms with Gasteiger partial charge in [0.1, 0.15) is 6.04 Å². The molecule has 192 valence electrons. The van der Waals surface area contributed by atoms with Gasteiger partial charge in [0.25, 0.3) is 11.6 Å². The number of thioether (sulfide) groups is 1. The lowest BCUT2D eigenvalue weighted by Gasteiger charge is -2.23. The van der Waals surface area contributed by atoms with E-state index in [4.69, 9.17) is 0 Å². The molecule has 1 atom stereocenters. The maximum Gasteiger partial charge on any atom is 0.327 e. The van der Waals surface area contributed by atoms with Crippen LogP contribution in [-0.4, -0.2) is 51.2 Å². The zero-order valence-corrected chi connectivity index (χ0v) is 21.0. The summed E-state index contributed by atoms with van der Waals surface area (Å²) in [6, 6.07) is 20.0. The molecule has 0 saturated heterocycles. The molecule has 0 aromatic heterocycles. The number of carboxylic acids is 1. The molecule has 0 radical (unpaired) electrons. The molecule has 0 unspecified atom stereocenters. The summed E-state index contributed by atoms with van der Waals surface area (Å²) in [7, 11) is 0. The molecule has 3 amide bonds. The average molecular weight is 522 g/mol. The van der Waals surface area contributed by atoms with Gasteiger partial charge < -0.3 is 10.4 Å². The van der Waals surface area contributed by atoms with Crippen LogP contribution in [0.3, 0.4) is 0 Å². The highest BCUT2D eigenvalue weighted by Gasteiger charge is 2.27.